The van der Waals surface area contributed by atoms with Gasteiger partial charge in [0.2, 0.25) is 0 Å². The Morgan fingerprint density at radius 2 is 1.66 bits per heavy atom. The molecule has 0 aliphatic carbocycles. The van der Waals surface area contributed by atoms with Crippen molar-refractivity contribution < 1.29 is 29.4 Å². The van der Waals surface area contributed by atoms with Crippen LogP contribution in [0.25, 0.3) is 0 Å². The predicted molar refractivity (Wildman–Crippen MR) is 106 cm³/mol. The van der Waals surface area contributed by atoms with Crippen molar-refractivity contribution in [1.29, 1.82) is 0 Å². The van der Waals surface area contributed by atoms with E-state index in [9.17, 15) is 19.5 Å². The highest BCUT2D eigenvalue weighted by atomic mass is 16.6. The number of hydrogen-bond acceptors (Lipinski definition) is 6. The highest BCUT2D eigenvalue weighted by Gasteiger charge is 2.22. The monoisotopic (exact) mass is 398 g/mol. The Labute approximate surface area is 167 Å². The molecule has 0 aliphatic heterocycles. The molecule has 0 bridgehead atoms. The largest absolute Gasteiger partial charge is 0.508 e. The molecule has 8 nitrogen and oxygen atoms in total. The SMILES string of the molecule is CC(=O)c1ccc(NC(=O)O[C@@H](c2ccc(O)cc2)[C@@H](C)/C=C/C(=O)NO)cc1. The third kappa shape index (κ3) is 6.47. The fourth-order valence-corrected chi connectivity index (χ4v) is 2.57. The summed E-state index contributed by atoms with van der Waals surface area (Å²) in [6.45, 7) is 3.18. The maximum absolute atomic E-state index is 12.4. The minimum absolute atomic E-state index is 0.0605. The number of phenolic OH excluding ortho intramolecular Hbond substituents is 1. The number of phenols is 1. The zero-order valence-corrected chi connectivity index (χ0v) is 16.0. The minimum atomic E-state index is -0.769. The molecule has 0 saturated carbocycles. The van der Waals surface area contributed by atoms with Crippen LogP contribution in [0.4, 0.5) is 10.5 Å². The third-order valence-corrected chi connectivity index (χ3v) is 4.13. The van der Waals surface area contributed by atoms with Crippen LogP contribution in [0, 0.1) is 5.92 Å². The second kappa shape index (κ2) is 10.0. The molecule has 0 radical (unpaired) electrons. The lowest BCUT2D eigenvalue weighted by molar-refractivity contribution is -0.124. The number of carbonyl (C=O) groups is 3. The van der Waals surface area contributed by atoms with Gasteiger partial charge in [0.1, 0.15) is 11.9 Å². The Bertz CT molecular complexity index is 890. The number of anilines is 1. The zero-order chi connectivity index (χ0) is 21.4. The Morgan fingerprint density at radius 1 is 1.03 bits per heavy atom. The summed E-state index contributed by atoms with van der Waals surface area (Å²) >= 11 is 0. The molecule has 4 N–H and O–H groups in total. The summed E-state index contributed by atoms with van der Waals surface area (Å²) in [6, 6.07) is 12.5. The van der Waals surface area contributed by atoms with E-state index in [0.717, 1.165) is 6.08 Å². The van der Waals surface area contributed by atoms with Gasteiger partial charge in [0.05, 0.1) is 0 Å². The van der Waals surface area contributed by atoms with E-state index >= 15 is 0 Å². The van der Waals surface area contributed by atoms with Crippen molar-refractivity contribution in [2.75, 3.05) is 5.32 Å². The van der Waals surface area contributed by atoms with Crippen LogP contribution in [0.5, 0.6) is 5.75 Å². The van der Waals surface area contributed by atoms with Gasteiger partial charge in [-0.05, 0) is 48.9 Å². The number of hydrogen-bond donors (Lipinski definition) is 4. The zero-order valence-electron chi connectivity index (χ0n) is 16.0. The number of Topliss-reactive ketones (excluding diaryl/α,β-unsaturated/α-hetero) is 1. The number of aromatic hydroxyl groups is 1. The highest BCUT2D eigenvalue weighted by molar-refractivity contribution is 5.95. The number of hydroxylamine groups is 1. The molecule has 2 amide bonds. The van der Waals surface area contributed by atoms with Crippen LogP contribution in [-0.4, -0.2) is 28.1 Å². The molecule has 29 heavy (non-hydrogen) atoms. The van der Waals surface area contributed by atoms with E-state index in [1.807, 2.05) is 0 Å². The van der Waals surface area contributed by atoms with Gasteiger partial charge in [0.25, 0.3) is 5.91 Å². The van der Waals surface area contributed by atoms with Gasteiger partial charge in [-0.15, -0.1) is 0 Å². The molecule has 0 saturated heterocycles. The average molecular weight is 398 g/mol. The summed E-state index contributed by atoms with van der Waals surface area (Å²) in [6.07, 6.45) is 1.11. The lowest BCUT2D eigenvalue weighted by atomic mass is 9.96. The standard InChI is InChI=1S/C21H22N2O6/c1-13(3-12-19(26)23-28)20(16-6-10-18(25)11-7-16)29-21(27)22-17-8-4-15(5-9-17)14(2)24/h3-13,20,25,28H,1-2H3,(H,22,27)(H,23,26)/b12-3+/t13-,20+/m0/s1. The van der Waals surface area contributed by atoms with E-state index in [2.05, 4.69) is 5.32 Å². The van der Waals surface area contributed by atoms with Crippen molar-refractivity contribution in [2.45, 2.75) is 20.0 Å². The molecule has 0 fully saturated rings. The summed E-state index contributed by atoms with van der Waals surface area (Å²) in [4.78, 5) is 35.0. The summed E-state index contributed by atoms with van der Waals surface area (Å²) in [5, 5.41) is 20.7. The Morgan fingerprint density at radius 3 is 2.21 bits per heavy atom. The quantitative estimate of drug-likeness (QED) is 0.244. The molecule has 0 spiro atoms. The Balaban J connectivity index is 2.16. The molecule has 152 valence electrons. The minimum Gasteiger partial charge on any atom is -0.508 e. The van der Waals surface area contributed by atoms with Crippen molar-refractivity contribution in [3.05, 3.63) is 71.8 Å². The molecule has 0 heterocycles. The van der Waals surface area contributed by atoms with Crippen LogP contribution in [0.2, 0.25) is 0 Å². The second-order valence-electron chi connectivity index (χ2n) is 6.37. The number of carbonyl (C=O) groups excluding carboxylic acids is 3. The normalized spacial score (nSPS) is 12.8. The number of ketones is 1. The van der Waals surface area contributed by atoms with Crippen LogP contribution >= 0.6 is 0 Å². The number of benzene rings is 2. The fraction of sp³-hybridized carbons (Fsp3) is 0.190. The summed E-state index contributed by atoms with van der Waals surface area (Å²) < 4.78 is 5.54. The molecule has 0 aliphatic rings. The van der Waals surface area contributed by atoms with Gasteiger partial charge in [-0.3, -0.25) is 20.1 Å². The third-order valence-electron chi connectivity index (χ3n) is 4.13. The fourth-order valence-electron chi connectivity index (χ4n) is 2.57. The van der Waals surface area contributed by atoms with E-state index in [-0.39, 0.29) is 11.5 Å². The van der Waals surface area contributed by atoms with Gasteiger partial charge in [0, 0.05) is 23.2 Å². The van der Waals surface area contributed by atoms with E-state index in [4.69, 9.17) is 9.94 Å². The van der Waals surface area contributed by atoms with Crippen molar-refractivity contribution in [2.24, 2.45) is 5.92 Å². The van der Waals surface area contributed by atoms with Crippen LogP contribution in [-0.2, 0) is 9.53 Å². The number of rotatable bonds is 7. The van der Waals surface area contributed by atoms with Crippen molar-refractivity contribution in [3.8, 4) is 5.75 Å². The van der Waals surface area contributed by atoms with E-state index in [1.165, 1.54) is 30.6 Å². The molecular formula is C21H22N2O6. The van der Waals surface area contributed by atoms with Crippen LogP contribution < -0.4 is 10.8 Å². The topological polar surface area (TPSA) is 125 Å². The smallest absolute Gasteiger partial charge is 0.412 e. The molecule has 0 aromatic heterocycles. The van der Waals surface area contributed by atoms with E-state index < -0.39 is 24.0 Å². The maximum atomic E-state index is 12.4. The first-order valence-corrected chi connectivity index (χ1v) is 8.80. The summed E-state index contributed by atoms with van der Waals surface area (Å²) in [5.41, 5.74) is 3.06. The van der Waals surface area contributed by atoms with Gasteiger partial charge in [-0.25, -0.2) is 10.3 Å². The van der Waals surface area contributed by atoms with Crippen LogP contribution in [0.15, 0.2) is 60.7 Å². The van der Waals surface area contributed by atoms with Crippen molar-refractivity contribution in [1.82, 2.24) is 5.48 Å². The molecule has 2 aromatic carbocycles. The highest BCUT2D eigenvalue weighted by Crippen LogP contribution is 2.29. The van der Waals surface area contributed by atoms with Crippen molar-refractivity contribution in [3.63, 3.8) is 0 Å². The van der Waals surface area contributed by atoms with Crippen molar-refractivity contribution >= 4 is 23.5 Å². The van der Waals surface area contributed by atoms with Crippen LogP contribution in [0.3, 0.4) is 0 Å². The van der Waals surface area contributed by atoms with E-state index in [0.29, 0.717) is 16.8 Å². The van der Waals surface area contributed by atoms with Gasteiger partial charge in [-0.1, -0.05) is 25.1 Å². The van der Waals surface area contributed by atoms with Gasteiger partial charge in [0.15, 0.2) is 5.78 Å². The maximum Gasteiger partial charge on any atom is 0.412 e. The predicted octanol–water partition coefficient (Wildman–Crippen LogP) is 3.58. The summed E-state index contributed by atoms with van der Waals surface area (Å²) in [7, 11) is 0. The van der Waals surface area contributed by atoms with Crippen LogP contribution in [0.1, 0.15) is 35.9 Å². The molecule has 2 atom stereocenters. The second-order valence-corrected chi connectivity index (χ2v) is 6.37. The first-order chi connectivity index (χ1) is 13.8. The lowest BCUT2D eigenvalue weighted by Crippen LogP contribution is -2.22. The molecular weight excluding hydrogens is 376 g/mol. The molecule has 2 aromatic rings. The lowest BCUT2D eigenvalue weighted by Gasteiger charge is -2.23. The first kappa shape index (κ1) is 21.6. The Kier molecular flexibility index (Phi) is 7.50. The number of ether oxygens (including phenoxy) is 1. The number of nitrogens with one attached hydrogen (secondary N) is 2. The van der Waals surface area contributed by atoms with Gasteiger partial charge >= 0.3 is 6.09 Å². The molecule has 8 heteroatoms. The number of amides is 2. The summed E-state index contributed by atoms with van der Waals surface area (Å²) in [5.74, 6) is -1.16. The average Bonchev–Trinajstić information content (AvgIpc) is 2.71. The van der Waals surface area contributed by atoms with Gasteiger partial charge in [-0.2, -0.15) is 0 Å². The van der Waals surface area contributed by atoms with E-state index in [1.54, 1.807) is 43.3 Å². The Hall–Kier alpha value is -3.65. The first-order valence-electron chi connectivity index (χ1n) is 8.80. The van der Waals surface area contributed by atoms with Gasteiger partial charge < -0.3 is 9.84 Å². The molecule has 2 rings (SSSR count). The molecule has 0 unspecified atom stereocenters.